The second-order valence-corrected chi connectivity index (χ2v) is 8.76. The van der Waals surface area contributed by atoms with Crippen molar-refractivity contribution in [3.05, 3.63) is 11.6 Å². The summed E-state index contributed by atoms with van der Waals surface area (Å²) in [4.78, 5) is 0. The highest BCUT2D eigenvalue weighted by Gasteiger charge is 2.59. The molecule has 0 amide bonds. The predicted octanol–water partition coefficient (Wildman–Crippen LogP) is 3.64. The van der Waals surface area contributed by atoms with Gasteiger partial charge in [0.1, 0.15) is 0 Å². The number of rotatable bonds is 0. The number of aliphatic hydroxyl groups excluding tert-OH is 1. The van der Waals surface area contributed by atoms with Crippen molar-refractivity contribution < 1.29 is 5.11 Å². The van der Waals surface area contributed by atoms with Crippen LogP contribution in [0, 0.1) is 28.6 Å². The van der Waals surface area contributed by atoms with E-state index in [1.807, 2.05) is 0 Å². The Bertz CT molecular complexity index is 472. The normalized spacial score (nSPS) is 56.2. The van der Waals surface area contributed by atoms with E-state index in [1.165, 1.54) is 44.9 Å². The zero-order valence-electron chi connectivity index (χ0n) is 13.6. The van der Waals surface area contributed by atoms with E-state index in [-0.39, 0.29) is 11.5 Å². The molecule has 0 aromatic carbocycles. The molecule has 0 radical (unpaired) electrons. The second-order valence-electron chi connectivity index (χ2n) is 8.76. The number of nitrogens with two attached hydrogens (primary N) is 1. The van der Waals surface area contributed by atoms with Crippen LogP contribution < -0.4 is 5.73 Å². The molecule has 3 fully saturated rings. The van der Waals surface area contributed by atoms with Crippen molar-refractivity contribution in [2.45, 2.75) is 77.4 Å². The van der Waals surface area contributed by atoms with Crippen molar-refractivity contribution >= 4 is 0 Å². The van der Waals surface area contributed by atoms with Gasteiger partial charge in [-0.2, -0.15) is 0 Å². The molecule has 2 heteroatoms. The summed E-state index contributed by atoms with van der Waals surface area (Å²) in [7, 11) is 0. The highest BCUT2D eigenvalue weighted by Crippen LogP contribution is 2.64. The van der Waals surface area contributed by atoms with Gasteiger partial charge in [0, 0.05) is 11.5 Å². The molecule has 2 nitrogen and oxygen atoms in total. The number of aliphatic hydroxyl groups is 1. The second kappa shape index (κ2) is 4.58. The first-order valence-electron chi connectivity index (χ1n) is 9.11. The molecule has 0 bridgehead atoms. The van der Waals surface area contributed by atoms with Crippen LogP contribution in [0.2, 0.25) is 0 Å². The Morgan fingerprint density at radius 2 is 1.95 bits per heavy atom. The quantitative estimate of drug-likeness (QED) is 0.669. The molecule has 0 heterocycles. The van der Waals surface area contributed by atoms with Crippen molar-refractivity contribution in [2.75, 3.05) is 0 Å². The largest absolute Gasteiger partial charge is 0.392 e. The first-order chi connectivity index (χ1) is 9.98. The van der Waals surface area contributed by atoms with Crippen LogP contribution >= 0.6 is 0 Å². The fraction of sp³-hybridized carbons (Fsp3) is 0.895. The molecule has 0 aromatic heterocycles. The molecule has 4 aliphatic rings. The fourth-order valence-electron chi connectivity index (χ4n) is 6.76. The summed E-state index contributed by atoms with van der Waals surface area (Å²) in [5.41, 5.74) is 8.48. The third kappa shape index (κ3) is 1.72. The van der Waals surface area contributed by atoms with E-state index in [0.29, 0.717) is 17.4 Å². The number of hydrogen-bond acceptors (Lipinski definition) is 2. The highest BCUT2D eigenvalue weighted by atomic mass is 16.3. The van der Waals surface area contributed by atoms with Gasteiger partial charge in [-0.3, -0.25) is 0 Å². The van der Waals surface area contributed by atoms with E-state index in [1.54, 1.807) is 5.57 Å². The third-order valence-electron chi connectivity index (χ3n) is 8.22. The first-order valence-corrected chi connectivity index (χ1v) is 9.11. The van der Waals surface area contributed by atoms with Crippen LogP contribution in [0.15, 0.2) is 11.6 Å². The number of fused-ring (bicyclic) bond motifs is 5. The van der Waals surface area contributed by atoms with Gasteiger partial charge in [-0.1, -0.05) is 25.5 Å². The summed E-state index contributed by atoms with van der Waals surface area (Å²) in [6.45, 7) is 4.82. The summed E-state index contributed by atoms with van der Waals surface area (Å²) in [6, 6.07) is 0.401. The molecule has 0 aliphatic heterocycles. The van der Waals surface area contributed by atoms with Crippen molar-refractivity contribution in [3.63, 3.8) is 0 Å². The lowest BCUT2D eigenvalue weighted by Crippen LogP contribution is -2.55. The number of hydrogen-bond donors (Lipinski definition) is 2. The standard InChI is InChI=1S/C19H31NO/c1-18-11-10-15-13(14(18)8-9-16(18)20)7-6-12-4-3-5-17(21)19(12,15)2/h6,13-17,21H,3-5,7-11,20H2,1-2H3/t13-,14-,15-,16-,17?,18-,19-/m0/s1. The molecule has 0 saturated heterocycles. The van der Waals surface area contributed by atoms with E-state index in [9.17, 15) is 5.11 Å². The monoisotopic (exact) mass is 289 g/mol. The SMILES string of the molecule is C[C@]12CC[C@H]3[C@@H](CC=C4CCCC(O)[C@@]43C)[C@@H]1CC[C@@H]2N. The molecule has 1 unspecified atom stereocenters. The van der Waals surface area contributed by atoms with Crippen molar-refractivity contribution in [2.24, 2.45) is 34.3 Å². The van der Waals surface area contributed by atoms with Crippen LogP contribution in [-0.2, 0) is 0 Å². The summed E-state index contributed by atoms with van der Waals surface area (Å²) in [6.07, 6.45) is 12.1. The van der Waals surface area contributed by atoms with Gasteiger partial charge in [-0.15, -0.1) is 0 Å². The zero-order chi connectivity index (χ0) is 14.8. The minimum Gasteiger partial charge on any atom is -0.392 e. The van der Waals surface area contributed by atoms with E-state index in [4.69, 9.17) is 5.73 Å². The van der Waals surface area contributed by atoms with Gasteiger partial charge >= 0.3 is 0 Å². The third-order valence-corrected chi connectivity index (χ3v) is 8.22. The smallest absolute Gasteiger partial charge is 0.0633 e. The Morgan fingerprint density at radius 1 is 1.14 bits per heavy atom. The summed E-state index contributed by atoms with van der Waals surface area (Å²) in [5, 5.41) is 10.8. The molecule has 3 N–H and O–H groups in total. The summed E-state index contributed by atoms with van der Waals surface area (Å²) < 4.78 is 0. The molecule has 3 saturated carbocycles. The van der Waals surface area contributed by atoms with Gasteiger partial charge in [0.15, 0.2) is 0 Å². The number of allylic oxidation sites excluding steroid dienone is 1. The van der Waals surface area contributed by atoms with Crippen LogP contribution in [0.1, 0.15) is 65.2 Å². The lowest BCUT2D eigenvalue weighted by molar-refractivity contribution is -0.0836. The van der Waals surface area contributed by atoms with Gasteiger partial charge in [-0.25, -0.2) is 0 Å². The van der Waals surface area contributed by atoms with Crippen LogP contribution in [0.25, 0.3) is 0 Å². The van der Waals surface area contributed by atoms with Crippen LogP contribution in [0.4, 0.5) is 0 Å². The van der Waals surface area contributed by atoms with Gasteiger partial charge < -0.3 is 10.8 Å². The minimum absolute atomic E-state index is 0.0647. The van der Waals surface area contributed by atoms with Crippen LogP contribution in [-0.4, -0.2) is 17.3 Å². The van der Waals surface area contributed by atoms with E-state index >= 15 is 0 Å². The molecule has 4 rings (SSSR count). The van der Waals surface area contributed by atoms with Crippen molar-refractivity contribution in [3.8, 4) is 0 Å². The minimum atomic E-state index is -0.121. The van der Waals surface area contributed by atoms with Crippen LogP contribution in [0.3, 0.4) is 0 Å². The molecule has 4 aliphatic carbocycles. The van der Waals surface area contributed by atoms with Gasteiger partial charge in [0.25, 0.3) is 0 Å². The fourth-order valence-corrected chi connectivity index (χ4v) is 6.76. The Kier molecular flexibility index (Phi) is 3.11. The molecule has 0 spiro atoms. The molecule has 118 valence electrons. The van der Waals surface area contributed by atoms with E-state index in [0.717, 1.165) is 18.3 Å². The van der Waals surface area contributed by atoms with Crippen LogP contribution in [0.5, 0.6) is 0 Å². The molecule has 7 atom stereocenters. The maximum absolute atomic E-state index is 10.8. The lowest BCUT2D eigenvalue weighted by Gasteiger charge is -2.58. The molecule has 21 heavy (non-hydrogen) atoms. The summed E-state index contributed by atoms with van der Waals surface area (Å²) >= 11 is 0. The Labute approximate surface area is 129 Å². The topological polar surface area (TPSA) is 46.2 Å². The Balaban J connectivity index is 1.72. The van der Waals surface area contributed by atoms with E-state index in [2.05, 4.69) is 19.9 Å². The highest BCUT2D eigenvalue weighted by molar-refractivity contribution is 5.26. The first kappa shape index (κ1) is 14.3. The Hall–Kier alpha value is -0.340. The maximum atomic E-state index is 10.8. The lowest BCUT2D eigenvalue weighted by atomic mass is 9.47. The molecular weight excluding hydrogens is 258 g/mol. The summed E-state index contributed by atoms with van der Waals surface area (Å²) in [5.74, 6) is 2.24. The average molecular weight is 289 g/mol. The van der Waals surface area contributed by atoms with Gasteiger partial charge in [-0.05, 0) is 74.5 Å². The van der Waals surface area contributed by atoms with Gasteiger partial charge in [0.05, 0.1) is 6.10 Å². The Morgan fingerprint density at radius 3 is 2.76 bits per heavy atom. The molecule has 0 aromatic rings. The average Bonchev–Trinajstić information content (AvgIpc) is 2.76. The molecular formula is C19H31NO. The van der Waals surface area contributed by atoms with Crippen molar-refractivity contribution in [1.29, 1.82) is 0 Å². The van der Waals surface area contributed by atoms with Crippen molar-refractivity contribution in [1.82, 2.24) is 0 Å². The van der Waals surface area contributed by atoms with E-state index < -0.39 is 0 Å². The predicted molar refractivity (Wildman–Crippen MR) is 85.7 cm³/mol. The zero-order valence-corrected chi connectivity index (χ0v) is 13.6. The maximum Gasteiger partial charge on any atom is 0.0633 e. The van der Waals surface area contributed by atoms with Gasteiger partial charge in [0.2, 0.25) is 0 Å².